The molecule has 0 aliphatic heterocycles. The zero-order valence-electron chi connectivity index (χ0n) is 12.9. The van der Waals surface area contributed by atoms with Crippen molar-refractivity contribution in [1.82, 2.24) is 0 Å². The Bertz CT molecular complexity index is 435. The average Bonchev–Trinajstić information content (AvgIpc) is 2.39. The fourth-order valence-electron chi connectivity index (χ4n) is 1.73. The van der Waals surface area contributed by atoms with Crippen LogP contribution in [0.25, 0.3) is 0 Å². The summed E-state index contributed by atoms with van der Waals surface area (Å²) >= 11 is 0. The van der Waals surface area contributed by atoms with Crippen molar-refractivity contribution in [2.24, 2.45) is 5.92 Å². The van der Waals surface area contributed by atoms with Crippen LogP contribution in [0.1, 0.15) is 33.6 Å². The molecule has 0 aliphatic rings. The molecule has 0 saturated carbocycles. The van der Waals surface area contributed by atoms with Crippen LogP contribution in [-0.2, 0) is 33.1 Å². The first kappa shape index (κ1) is 20.4. The van der Waals surface area contributed by atoms with Crippen LogP contribution in [0.5, 0.6) is 0 Å². The van der Waals surface area contributed by atoms with E-state index in [1.165, 1.54) is 0 Å². The predicted octanol–water partition coefficient (Wildman–Crippen LogP) is 2.09. The van der Waals surface area contributed by atoms with E-state index in [2.05, 4.69) is 4.18 Å². The maximum atomic E-state index is 12.2. The Morgan fingerprint density at radius 1 is 1.19 bits per heavy atom. The molecule has 0 rings (SSSR count). The van der Waals surface area contributed by atoms with Gasteiger partial charge in [-0.05, 0) is 20.3 Å². The molecule has 124 valence electrons. The summed E-state index contributed by atoms with van der Waals surface area (Å²) in [5.74, 6) is -2.09. The monoisotopic (exact) mass is 343 g/mol. The SMILES string of the molecule is CCCC(C(=O)OCC)C(OCC)[P+](=O)COS(C)(=O)=O. The van der Waals surface area contributed by atoms with E-state index in [9.17, 15) is 17.8 Å². The van der Waals surface area contributed by atoms with Gasteiger partial charge in [0.1, 0.15) is 5.92 Å². The van der Waals surface area contributed by atoms with Crippen LogP contribution in [0.15, 0.2) is 0 Å². The van der Waals surface area contributed by atoms with Crippen LogP contribution in [0.2, 0.25) is 0 Å². The summed E-state index contributed by atoms with van der Waals surface area (Å²) < 4.78 is 49.1. The standard InChI is InChI=1S/C12H24O7PS/c1-5-8-10(11(13)17-6-2)12(18-7-3)20(14)9-19-21(4,15)16/h10,12H,5-9H2,1-4H3/q+1. The fraction of sp³-hybridized carbons (Fsp3) is 0.917. The van der Waals surface area contributed by atoms with Crippen LogP contribution in [-0.4, -0.2) is 46.0 Å². The lowest BCUT2D eigenvalue weighted by atomic mass is 10.1. The van der Waals surface area contributed by atoms with E-state index in [1.54, 1.807) is 13.8 Å². The van der Waals surface area contributed by atoms with Gasteiger partial charge in [-0.2, -0.15) is 8.42 Å². The van der Waals surface area contributed by atoms with Crippen molar-refractivity contribution in [1.29, 1.82) is 0 Å². The first-order chi connectivity index (χ1) is 9.76. The summed E-state index contributed by atoms with van der Waals surface area (Å²) in [7, 11) is -5.87. The Morgan fingerprint density at radius 2 is 1.81 bits per heavy atom. The Balaban J connectivity index is 5.02. The number of carbonyl (C=O) groups excluding carboxylic acids is 1. The molecular weight excluding hydrogens is 319 g/mol. The Labute approximate surface area is 127 Å². The minimum absolute atomic E-state index is 0.217. The lowest BCUT2D eigenvalue weighted by Crippen LogP contribution is -2.30. The van der Waals surface area contributed by atoms with Gasteiger partial charge in [0, 0.05) is 6.61 Å². The largest absolute Gasteiger partial charge is 0.466 e. The van der Waals surface area contributed by atoms with Crippen molar-refractivity contribution in [3.63, 3.8) is 0 Å². The Kier molecular flexibility index (Phi) is 9.94. The number of esters is 1. The summed E-state index contributed by atoms with van der Waals surface area (Å²) in [4.78, 5) is 12.0. The van der Waals surface area contributed by atoms with E-state index in [0.29, 0.717) is 12.8 Å². The third-order valence-electron chi connectivity index (χ3n) is 2.55. The highest BCUT2D eigenvalue weighted by Gasteiger charge is 2.43. The van der Waals surface area contributed by atoms with Gasteiger partial charge in [0.2, 0.25) is 0 Å². The normalized spacial score (nSPS) is 15.3. The van der Waals surface area contributed by atoms with E-state index in [-0.39, 0.29) is 13.2 Å². The molecule has 0 saturated heterocycles. The van der Waals surface area contributed by atoms with E-state index in [1.807, 2.05) is 6.92 Å². The summed E-state index contributed by atoms with van der Waals surface area (Å²) in [5, 5.41) is 0. The highest BCUT2D eigenvalue weighted by atomic mass is 32.2. The minimum atomic E-state index is -3.69. The molecule has 0 N–H and O–H groups in total. The van der Waals surface area contributed by atoms with Gasteiger partial charge in [-0.3, -0.25) is 4.79 Å². The smallest absolute Gasteiger partial charge is 0.400 e. The van der Waals surface area contributed by atoms with Crippen LogP contribution >= 0.6 is 7.80 Å². The predicted molar refractivity (Wildman–Crippen MR) is 78.8 cm³/mol. The van der Waals surface area contributed by atoms with Gasteiger partial charge < -0.3 is 9.47 Å². The minimum Gasteiger partial charge on any atom is -0.466 e. The second-order valence-electron chi connectivity index (χ2n) is 4.36. The number of ether oxygens (including phenoxy) is 2. The van der Waals surface area contributed by atoms with Crippen LogP contribution in [0, 0.1) is 5.92 Å². The topological polar surface area (TPSA) is 96.0 Å². The number of hydrogen-bond donors (Lipinski definition) is 0. The van der Waals surface area contributed by atoms with Gasteiger partial charge in [-0.1, -0.05) is 17.9 Å². The Morgan fingerprint density at radius 3 is 2.24 bits per heavy atom. The number of carbonyl (C=O) groups is 1. The van der Waals surface area contributed by atoms with Gasteiger partial charge >= 0.3 is 13.8 Å². The molecule has 0 aromatic heterocycles. The lowest BCUT2D eigenvalue weighted by Gasteiger charge is -2.17. The third kappa shape index (κ3) is 8.46. The van der Waals surface area contributed by atoms with Crippen molar-refractivity contribution < 1.29 is 31.4 Å². The molecule has 0 radical (unpaired) electrons. The quantitative estimate of drug-likeness (QED) is 0.322. The maximum Gasteiger partial charge on any atom is 0.400 e. The molecule has 3 unspecified atom stereocenters. The van der Waals surface area contributed by atoms with Crippen molar-refractivity contribution in [2.45, 2.75) is 39.5 Å². The lowest BCUT2D eigenvalue weighted by molar-refractivity contribution is -0.151. The van der Waals surface area contributed by atoms with Crippen molar-refractivity contribution >= 4 is 23.9 Å². The van der Waals surface area contributed by atoms with E-state index < -0.39 is 42.0 Å². The zero-order valence-corrected chi connectivity index (χ0v) is 14.6. The molecular formula is C12H24O7PS+. The van der Waals surface area contributed by atoms with Gasteiger partial charge in [-0.25, -0.2) is 4.18 Å². The van der Waals surface area contributed by atoms with Gasteiger partial charge in [0.25, 0.3) is 22.3 Å². The molecule has 0 amide bonds. The van der Waals surface area contributed by atoms with E-state index in [0.717, 1.165) is 6.26 Å². The van der Waals surface area contributed by atoms with Crippen LogP contribution in [0.4, 0.5) is 0 Å². The summed E-state index contributed by atoms with van der Waals surface area (Å²) in [6, 6.07) is 0. The molecule has 0 aromatic carbocycles. The molecule has 0 heterocycles. The fourth-order valence-corrected chi connectivity index (χ4v) is 4.04. The van der Waals surface area contributed by atoms with E-state index in [4.69, 9.17) is 9.47 Å². The van der Waals surface area contributed by atoms with Crippen molar-refractivity contribution in [2.75, 3.05) is 25.8 Å². The van der Waals surface area contributed by atoms with Crippen molar-refractivity contribution in [3.8, 4) is 0 Å². The third-order valence-corrected chi connectivity index (χ3v) is 4.73. The zero-order chi connectivity index (χ0) is 16.5. The molecule has 0 fully saturated rings. The van der Waals surface area contributed by atoms with E-state index >= 15 is 0 Å². The Hall–Kier alpha value is -0.560. The highest BCUT2D eigenvalue weighted by molar-refractivity contribution is 7.86. The van der Waals surface area contributed by atoms with Crippen LogP contribution < -0.4 is 0 Å². The van der Waals surface area contributed by atoms with Gasteiger partial charge in [-0.15, -0.1) is 0 Å². The number of rotatable bonds is 11. The summed E-state index contributed by atoms with van der Waals surface area (Å²) in [5.41, 5.74) is 0. The van der Waals surface area contributed by atoms with Gasteiger partial charge in [0.05, 0.1) is 12.9 Å². The average molecular weight is 343 g/mol. The highest BCUT2D eigenvalue weighted by Crippen LogP contribution is 2.37. The maximum absolute atomic E-state index is 12.2. The van der Waals surface area contributed by atoms with Crippen molar-refractivity contribution in [3.05, 3.63) is 0 Å². The van der Waals surface area contributed by atoms with Gasteiger partial charge in [0.15, 0.2) is 0 Å². The second-order valence-corrected chi connectivity index (χ2v) is 7.61. The molecule has 9 heteroatoms. The first-order valence-electron chi connectivity index (χ1n) is 6.83. The molecule has 7 nitrogen and oxygen atoms in total. The molecule has 3 atom stereocenters. The summed E-state index contributed by atoms with van der Waals surface area (Å²) in [6.07, 6.45) is 1.51. The molecule has 0 aromatic rings. The molecule has 0 bridgehead atoms. The van der Waals surface area contributed by atoms with Crippen LogP contribution in [0.3, 0.4) is 0 Å². The molecule has 0 aliphatic carbocycles. The first-order valence-corrected chi connectivity index (χ1v) is 10.2. The second kappa shape index (κ2) is 10.2. The summed E-state index contributed by atoms with van der Waals surface area (Å²) in [6.45, 7) is 5.75. The molecule has 0 spiro atoms. The molecule has 21 heavy (non-hydrogen) atoms. The number of hydrogen-bond acceptors (Lipinski definition) is 7.